The predicted molar refractivity (Wildman–Crippen MR) is 116 cm³/mol. The number of nitriles is 2. The maximum Gasteiger partial charge on any atom is 0.283 e. The van der Waals surface area contributed by atoms with Gasteiger partial charge in [0.15, 0.2) is 5.65 Å². The molecule has 1 aliphatic heterocycles. The number of nitrogens with zero attached hydrogens (tertiary/aromatic N) is 7. The van der Waals surface area contributed by atoms with E-state index in [1.165, 1.54) is 10.7 Å². The zero-order chi connectivity index (χ0) is 23.4. The highest BCUT2D eigenvalue weighted by atomic mass is 35.5. The van der Waals surface area contributed by atoms with Crippen molar-refractivity contribution < 1.29 is 13.9 Å². The van der Waals surface area contributed by atoms with E-state index in [1.807, 2.05) is 0 Å². The highest BCUT2D eigenvalue weighted by molar-refractivity contribution is 6.31. The molecule has 0 atom stereocenters. The minimum atomic E-state index is -2.96. The molecule has 0 aliphatic carbocycles. The molecule has 1 fully saturated rings. The third kappa shape index (κ3) is 3.15. The lowest BCUT2D eigenvalue weighted by Crippen LogP contribution is -2.51. The predicted octanol–water partition coefficient (Wildman–Crippen LogP) is 3.77. The largest absolute Gasteiger partial charge is 0.389 e. The van der Waals surface area contributed by atoms with Gasteiger partial charge in [-0.15, -0.1) is 0 Å². The smallest absolute Gasteiger partial charge is 0.283 e. The van der Waals surface area contributed by atoms with Crippen molar-refractivity contribution in [1.29, 1.82) is 10.5 Å². The van der Waals surface area contributed by atoms with Gasteiger partial charge in [-0.1, -0.05) is 17.7 Å². The van der Waals surface area contributed by atoms with Gasteiger partial charge in [-0.3, -0.25) is 0 Å². The van der Waals surface area contributed by atoms with Crippen LogP contribution in [0.25, 0.3) is 27.5 Å². The first-order valence-corrected chi connectivity index (χ1v) is 10.2. The number of fused-ring (bicyclic) bond motifs is 2. The first-order chi connectivity index (χ1) is 15.8. The van der Waals surface area contributed by atoms with E-state index in [0.717, 1.165) is 0 Å². The topological polar surface area (TPSA) is 114 Å². The van der Waals surface area contributed by atoms with Gasteiger partial charge in [0.05, 0.1) is 11.8 Å². The summed E-state index contributed by atoms with van der Waals surface area (Å²) in [5.74, 6) is 0.411. The third-order valence-electron chi connectivity index (χ3n) is 5.65. The van der Waals surface area contributed by atoms with Crippen LogP contribution in [-0.4, -0.2) is 43.9 Å². The fourth-order valence-electron chi connectivity index (χ4n) is 4.16. The molecule has 11 heteroatoms. The molecule has 164 valence electrons. The van der Waals surface area contributed by atoms with Crippen molar-refractivity contribution in [2.75, 3.05) is 18.0 Å². The fraction of sp³-hybridized carbons (Fsp3) is 0.227. The minimum absolute atomic E-state index is 0.0133. The van der Waals surface area contributed by atoms with Crippen molar-refractivity contribution in [3.05, 3.63) is 52.1 Å². The van der Waals surface area contributed by atoms with Crippen LogP contribution in [0.15, 0.2) is 24.4 Å². The molecule has 8 nitrogen and oxygen atoms in total. The van der Waals surface area contributed by atoms with Crippen LogP contribution in [0.3, 0.4) is 0 Å². The van der Waals surface area contributed by atoms with E-state index in [0.29, 0.717) is 38.4 Å². The third-order valence-corrected chi connectivity index (χ3v) is 5.89. The summed E-state index contributed by atoms with van der Waals surface area (Å²) in [6.45, 7) is 2.21. The monoisotopic (exact) mass is 465 g/mol. The maximum atomic E-state index is 13.6. The molecule has 1 aromatic carbocycles. The average Bonchev–Trinajstić information content (AvgIpc) is 3.14. The number of aliphatic hydroxyl groups excluding tert-OH is 1. The number of rotatable bonds is 3. The summed E-state index contributed by atoms with van der Waals surface area (Å²) in [6, 6.07) is 8.91. The summed E-state index contributed by atoms with van der Waals surface area (Å²) >= 11 is 6.15. The number of hydrogen-bond donors (Lipinski definition) is 1. The fourth-order valence-corrected chi connectivity index (χ4v) is 4.33. The number of aryl methyl sites for hydroxylation is 1. The van der Waals surface area contributed by atoms with E-state index in [9.17, 15) is 24.4 Å². The van der Waals surface area contributed by atoms with Gasteiger partial charge in [-0.2, -0.15) is 20.1 Å². The van der Waals surface area contributed by atoms with Gasteiger partial charge in [0.25, 0.3) is 6.43 Å². The molecule has 1 aliphatic rings. The van der Waals surface area contributed by atoms with Gasteiger partial charge in [0, 0.05) is 40.8 Å². The second-order valence-corrected chi connectivity index (χ2v) is 8.12. The Morgan fingerprint density at radius 2 is 1.97 bits per heavy atom. The first-order valence-electron chi connectivity index (χ1n) is 9.87. The van der Waals surface area contributed by atoms with Crippen LogP contribution in [0.1, 0.15) is 29.1 Å². The zero-order valence-corrected chi connectivity index (χ0v) is 17.8. The van der Waals surface area contributed by atoms with Crippen LogP contribution in [0.4, 0.5) is 14.6 Å². The van der Waals surface area contributed by atoms with Gasteiger partial charge in [-0.25, -0.2) is 18.7 Å². The number of pyridine rings is 1. The number of alkyl halides is 2. The molecule has 4 heterocycles. The van der Waals surface area contributed by atoms with Crippen molar-refractivity contribution >= 4 is 33.8 Å². The minimum Gasteiger partial charge on any atom is -0.389 e. The number of benzene rings is 1. The second kappa shape index (κ2) is 7.62. The number of anilines is 1. The van der Waals surface area contributed by atoms with Gasteiger partial charge in [0.2, 0.25) is 0 Å². The Hall–Kier alpha value is -3.86. The van der Waals surface area contributed by atoms with Crippen LogP contribution in [0.2, 0.25) is 5.02 Å². The maximum absolute atomic E-state index is 13.6. The lowest BCUT2D eigenvalue weighted by Gasteiger charge is -2.39. The van der Waals surface area contributed by atoms with Crippen molar-refractivity contribution in [2.24, 2.45) is 0 Å². The average molecular weight is 466 g/mol. The summed E-state index contributed by atoms with van der Waals surface area (Å²) in [7, 11) is 0. The Morgan fingerprint density at radius 1 is 1.21 bits per heavy atom. The number of β-amino-alcohol motifs (C(OH)–C–C–N with tert-alkyl or cyclic N) is 1. The molecule has 1 saturated heterocycles. The van der Waals surface area contributed by atoms with E-state index in [2.05, 4.69) is 21.1 Å². The van der Waals surface area contributed by atoms with Crippen LogP contribution in [0.5, 0.6) is 0 Å². The van der Waals surface area contributed by atoms with Gasteiger partial charge >= 0.3 is 0 Å². The van der Waals surface area contributed by atoms with Gasteiger partial charge < -0.3 is 10.0 Å². The SMILES string of the molecule is Cc1nc2c(C#N)c(C(F)F)nn2c(N2CC(O)C2)c1-c1cnc(C#N)c2cc(Cl)ccc12. The Labute approximate surface area is 190 Å². The quantitative estimate of drug-likeness (QED) is 0.489. The van der Waals surface area contributed by atoms with Crippen molar-refractivity contribution in [3.63, 3.8) is 0 Å². The molecule has 1 N–H and O–H groups in total. The summed E-state index contributed by atoms with van der Waals surface area (Å²) < 4.78 is 28.5. The first kappa shape index (κ1) is 21.0. The summed E-state index contributed by atoms with van der Waals surface area (Å²) in [5.41, 5.74) is 0.853. The van der Waals surface area contributed by atoms with E-state index in [1.54, 1.807) is 36.1 Å². The van der Waals surface area contributed by atoms with Gasteiger partial charge in [0.1, 0.15) is 34.9 Å². The lowest BCUT2D eigenvalue weighted by atomic mass is 9.97. The molecule has 0 bridgehead atoms. The highest BCUT2D eigenvalue weighted by Crippen LogP contribution is 2.41. The summed E-state index contributed by atoms with van der Waals surface area (Å²) in [5, 5.41) is 34.6. The highest BCUT2D eigenvalue weighted by Gasteiger charge is 2.33. The molecular formula is C22H14ClF2N7O. The molecule has 4 aromatic rings. The number of aliphatic hydroxyl groups is 1. The Balaban J connectivity index is 1.90. The standard InChI is InChI=1S/C22H14ClF2N7O/c1-10-18(16-7-28-17(6-27)14-4-11(23)2-3-13(14)16)22(31-8-12(33)9-31)32-21(29-10)15(5-26)19(30-32)20(24)25/h2-4,7,12,20,33H,8-9H2,1H3. The Kier molecular flexibility index (Phi) is 4.85. The summed E-state index contributed by atoms with van der Waals surface area (Å²) in [6.07, 6.45) is -2.02. The molecule has 0 saturated carbocycles. The summed E-state index contributed by atoms with van der Waals surface area (Å²) in [4.78, 5) is 10.5. The van der Waals surface area contributed by atoms with E-state index < -0.39 is 18.2 Å². The lowest BCUT2D eigenvalue weighted by molar-refractivity contribution is 0.140. The van der Waals surface area contributed by atoms with Crippen LogP contribution in [-0.2, 0) is 0 Å². The molecular weight excluding hydrogens is 452 g/mol. The molecule has 0 unspecified atom stereocenters. The number of aromatic nitrogens is 4. The van der Waals surface area contributed by atoms with Crippen LogP contribution in [0, 0.1) is 29.6 Å². The van der Waals surface area contributed by atoms with Crippen LogP contribution >= 0.6 is 11.6 Å². The Morgan fingerprint density at radius 3 is 2.61 bits per heavy atom. The molecule has 0 spiro atoms. The van der Waals surface area contributed by atoms with E-state index in [-0.39, 0.29) is 30.0 Å². The van der Waals surface area contributed by atoms with E-state index >= 15 is 0 Å². The Bertz CT molecular complexity index is 1530. The molecule has 5 rings (SSSR count). The van der Waals surface area contributed by atoms with Gasteiger partial charge in [-0.05, 0) is 24.4 Å². The van der Waals surface area contributed by atoms with Crippen molar-refractivity contribution in [2.45, 2.75) is 19.5 Å². The van der Waals surface area contributed by atoms with E-state index in [4.69, 9.17) is 11.6 Å². The normalized spacial score (nSPS) is 14.0. The second-order valence-electron chi connectivity index (χ2n) is 7.68. The molecule has 0 radical (unpaired) electrons. The van der Waals surface area contributed by atoms with Crippen molar-refractivity contribution in [1.82, 2.24) is 19.6 Å². The zero-order valence-electron chi connectivity index (χ0n) is 17.1. The molecule has 3 aromatic heterocycles. The number of halogens is 3. The number of hydrogen-bond acceptors (Lipinski definition) is 7. The molecule has 0 amide bonds. The molecule has 33 heavy (non-hydrogen) atoms. The van der Waals surface area contributed by atoms with Crippen LogP contribution < -0.4 is 4.90 Å². The van der Waals surface area contributed by atoms with Crippen molar-refractivity contribution in [3.8, 4) is 23.3 Å².